The fraction of sp³-hybridized carbons (Fsp3) is 1.00. The smallest absolute Gasteiger partial charge is 0.335 e. The maximum atomic E-state index is 9.44. The van der Waals surface area contributed by atoms with E-state index in [4.69, 9.17) is 15.3 Å². The van der Waals surface area contributed by atoms with Gasteiger partial charge in [-0.25, -0.2) is 0 Å². The van der Waals surface area contributed by atoms with Crippen LogP contribution in [0.1, 0.15) is 6.92 Å². The van der Waals surface area contributed by atoms with Crippen molar-refractivity contribution >= 4 is 0 Å². The molecule has 0 amide bonds. The SMILES string of the molecule is C[C@@H]1OC(O)(C(O)(O)O)[C@H](O)[C@H](O)[C@H]1O. The number of aliphatic hydroxyl groups excluding tert-OH is 3. The normalized spacial score (nSPS) is 48.0. The van der Waals surface area contributed by atoms with E-state index >= 15 is 0 Å². The fourth-order valence-corrected chi connectivity index (χ4v) is 1.40. The third-order valence-electron chi connectivity index (χ3n) is 2.40. The predicted molar refractivity (Wildman–Crippen MR) is 42.9 cm³/mol. The van der Waals surface area contributed by atoms with Gasteiger partial charge in [-0.2, -0.15) is 0 Å². The second-order valence-corrected chi connectivity index (χ2v) is 3.58. The lowest BCUT2D eigenvalue weighted by Gasteiger charge is -2.47. The van der Waals surface area contributed by atoms with Crippen molar-refractivity contribution in [1.29, 1.82) is 0 Å². The monoisotopic (exact) mass is 226 g/mol. The van der Waals surface area contributed by atoms with Crippen LogP contribution in [0.5, 0.6) is 0 Å². The molecular weight excluding hydrogens is 212 g/mol. The summed E-state index contributed by atoms with van der Waals surface area (Å²) in [5.41, 5.74) is 0. The zero-order valence-electron chi connectivity index (χ0n) is 7.85. The van der Waals surface area contributed by atoms with Crippen LogP contribution >= 0.6 is 0 Å². The summed E-state index contributed by atoms with van der Waals surface area (Å²) in [7, 11) is 0. The Morgan fingerprint density at radius 2 is 1.53 bits per heavy atom. The Balaban J connectivity index is 3.02. The summed E-state index contributed by atoms with van der Waals surface area (Å²) in [4.78, 5) is 0. The third-order valence-corrected chi connectivity index (χ3v) is 2.40. The highest BCUT2D eigenvalue weighted by atomic mass is 16.8. The first-order valence-electron chi connectivity index (χ1n) is 4.22. The third kappa shape index (κ3) is 1.86. The van der Waals surface area contributed by atoms with Crippen molar-refractivity contribution < 1.29 is 40.5 Å². The van der Waals surface area contributed by atoms with Crippen LogP contribution in [-0.4, -0.2) is 71.9 Å². The molecule has 1 unspecified atom stereocenters. The van der Waals surface area contributed by atoms with Crippen LogP contribution in [0.25, 0.3) is 0 Å². The van der Waals surface area contributed by atoms with Crippen molar-refractivity contribution in [3.8, 4) is 0 Å². The highest BCUT2D eigenvalue weighted by Crippen LogP contribution is 2.33. The van der Waals surface area contributed by atoms with Crippen molar-refractivity contribution in [2.45, 2.75) is 43.1 Å². The zero-order valence-corrected chi connectivity index (χ0v) is 7.85. The van der Waals surface area contributed by atoms with Gasteiger partial charge in [-0.3, -0.25) is 0 Å². The highest BCUT2D eigenvalue weighted by Gasteiger charge is 2.62. The van der Waals surface area contributed by atoms with E-state index < -0.39 is 36.2 Å². The van der Waals surface area contributed by atoms with E-state index in [1.165, 1.54) is 6.92 Å². The summed E-state index contributed by atoms with van der Waals surface area (Å²) in [6.07, 6.45) is -6.89. The molecule has 0 spiro atoms. The minimum absolute atomic E-state index is 1.20. The molecule has 0 aromatic carbocycles. The van der Waals surface area contributed by atoms with Gasteiger partial charge in [0.1, 0.15) is 18.3 Å². The zero-order chi connectivity index (χ0) is 12.0. The molecular formula is C7H14O8. The molecule has 1 aliphatic heterocycles. The maximum Gasteiger partial charge on any atom is 0.335 e. The van der Waals surface area contributed by atoms with Gasteiger partial charge >= 0.3 is 5.97 Å². The van der Waals surface area contributed by atoms with Gasteiger partial charge in [0.15, 0.2) is 0 Å². The maximum absolute atomic E-state index is 9.44. The molecule has 8 nitrogen and oxygen atoms in total. The molecule has 0 saturated carbocycles. The van der Waals surface area contributed by atoms with Gasteiger partial charge in [0, 0.05) is 0 Å². The van der Waals surface area contributed by atoms with Gasteiger partial charge in [0.2, 0.25) is 0 Å². The largest absolute Gasteiger partial charge is 0.388 e. The molecule has 0 radical (unpaired) electrons. The van der Waals surface area contributed by atoms with Crippen molar-refractivity contribution in [3.63, 3.8) is 0 Å². The van der Waals surface area contributed by atoms with Gasteiger partial charge in [-0.15, -0.1) is 0 Å². The van der Waals surface area contributed by atoms with E-state index in [2.05, 4.69) is 4.74 Å². The number of rotatable bonds is 1. The fourth-order valence-electron chi connectivity index (χ4n) is 1.40. The molecule has 8 heteroatoms. The second-order valence-electron chi connectivity index (χ2n) is 3.58. The molecule has 0 aromatic rings. The molecule has 0 aliphatic carbocycles. The highest BCUT2D eigenvalue weighted by molar-refractivity contribution is 4.97. The topological polar surface area (TPSA) is 151 Å². The van der Waals surface area contributed by atoms with E-state index in [0.29, 0.717) is 0 Å². The average molecular weight is 226 g/mol. The lowest BCUT2D eigenvalue weighted by molar-refractivity contribution is -0.498. The standard InChI is InChI=1S/C7H14O8/c1-2-3(8)4(9)5(10)6(11,15-2)7(12,13)14/h2-5,8-14H,1H3/t2-,3-,4+,5+,6?/m0/s1. The van der Waals surface area contributed by atoms with Crippen LogP contribution in [0.2, 0.25) is 0 Å². The molecule has 15 heavy (non-hydrogen) atoms. The molecule has 5 atom stereocenters. The Morgan fingerprint density at radius 1 is 1.07 bits per heavy atom. The van der Waals surface area contributed by atoms with Crippen LogP contribution < -0.4 is 0 Å². The molecule has 1 fully saturated rings. The van der Waals surface area contributed by atoms with Crippen LogP contribution in [0.3, 0.4) is 0 Å². The number of aliphatic hydroxyl groups is 7. The predicted octanol–water partition coefficient (Wildman–Crippen LogP) is -4.19. The van der Waals surface area contributed by atoms with E-state index in [-0.39, 0.29) is 0 Å². The first-order chi connectivity index (χ1) is 6.61. The Labute approximate surface area is 84.6 Å². The first kappa shape index (κ1) is 12.7. The molecule has 1 aliphatic rings. The quantitative estimate of drug-likeness (QED) is 0.222. The molecule has 1 heterocycles. The molecule has 0 bridgehead atoms. The lowest BCUT2D eigenvalue weighted by Crippen LogP contribution is -2.72. The van der Waals surface area contributed by atoms with Crippen molar-refractivity contribution in [3.05, 3.63) is 0 Å². The van der Waals surface area contributed by atoms with E-state index in [9.17, 15) is 20.4 Å². The molecule has 90 valence electrons. The van der Waals surface area contributed by atoms with Gasteiger partial charge in [-0.05, 0) is 6.92 Å². The van der Waals surface area contributed by atoms with Gasteiger partial charge in [-0.1, -0.05) is 0 Å². The Morgan fingerprint density at radius 3 is 1.93 bits per heavy atom. The van der Waals surface area contributed by atoms with Crippen LogP contribution in [0.4, 0.5) is 0 Å². The summed E-state index contributed by atoms with van der Waals surface area (Å²) in [6, 6.07) is 0. The number of hydrogen-bond donors (Lipinski definition) is 7. The summed E-state index contributed by atoms with van der Waals surface area (Å²) in [6.45, 7) is 1.20. The van der Waals surface area contributed by atoms with Crippen LogP contribution in [0, 0.1) is 0 Å². The molecule has 7 N–H and O–H groups in total. The summed E-state index contributed by atoms with van der Waals surface area (Å²) in [5.74, 6) is -6.95. The summed E-state index contributed by atoms with van der Waals surface area (Å²) < 4.78 is 4.48. The minimum atomic E-state index is -3.76. The van der Waals surface area contributed by atoms with Crippen molar-refractivity contribution in [2.75, 3.05) is 0 Å². The number of ether oxygens (including phenoxy) is 1. The van der Waals surface area contributed by atoms with E-state index in [1.54, 1.807) is 0 Å². The van der Waals surface area contributed by atoms with Crippen LogP contribution in [0.15, 0.2) is 0 Å². The van der Waals surface area contributed by atoms with Gasteiger partial charge < -0.3 is 40.5 Å². The summed E-state index contributed by atoms with van der Waals surface area (Å²) in [5, 5.41) is 63.5. The van der Waals surface area contributed by atoms with Crippen molar-refractivity contribution in [2.24, 2.45) is 0 Å². The number of hydrogen-bond acceptors (Lipinski definition) is 8. The van der Waals surface area contributed by atoms with E-state index in [0.717, 1.165) is 0 Å². The second kappa shape index (κ2) is 3.61. The van der Waals surface area contributed by atoms with Crippen LogP contribution in [-0.2, 0) is 4.74 Å². The van der Waals surface area contributed by atoms with Gasteiger partial charge in [0.05, 0.1) is 6.10 Å². The molecule has 1 saturated heterocycles. The molecule has 1 rings (SSSR count). The summed E-state index contributed by atoms with van der Waals surface area (Å²) >= 11 is 0. The van der Waals surface area contributed by atoms with E-state index in [1.807, 2.05) is 0 Å². The average Bonchev–Trinajstić information content (AvgIpc) is 2.10. The lowest BCUT2D eigenvalue weighted by atomic mass is 9.91. The van der Waals surface area contributed by atoms with Crippen molar-refractivity contribution in [1.82, 2.24) is 0 Å². The minimum Gasteiger partial charge on any atom is -0.388 e. The molecule has 0 aromatic heterocycles. The van der Waals surface area contributed by atoms with Gasteiger partial charge in [0.25, 0.3) is 5.79 Å². The Bertz CT molecular complexity index is 238. The Kier molecular flexibility index (Phi) is 3.07. The Hall–Kier alpha value is -0.320. The first-order valence-corrected chi connectivity index (χ1v) is 4.22.